The summed E-state index contributed by atoms with van der Waals surface area (Å²) in [6.07, 6.45) is 3.18. The molecule has 132 valence electrons. The van der Waals surface area contributed by atoms with Crippen molar-refractivity contribution in [3.8, 4) is 11.5 Å². The lowest BCUT2D eigenvalue weighted by molar-refractivity contribution is 0.0787. The second-order valence-corrected chi connectivity index (χ2v) is 6.18. The summed E-state index contributed by atoms with van der Waals surface area (Å²) in [4.78, 5) is 22.0. The second-order valence-electron chi connectivity index (χ2n) is 6.18. The van der Waals surface area contributed by atoms with Gasteiger partial charge in [-0.15, -0.1) is 0 Å². The fourth-order valence-electron chi connectivity index (χ4n) is 2.89. The van der Waals surface area contributed by atoms with Crippen LogP contribution in [0.1, 0.15) is 22.7 Å². The SMILES string of the molecule is CN(CCCc1nc2ccccc2[nH]1)C(=O)c1cc(-c2ccco2)[nH]n1. The van der Waals surface area contributed by atoms with E-state index in [1.165, 1.54) is 0 Å². The summed E-state index contributed by atoms with van der Waals surface area (Å²) in [7, 11) is 1.78. The Morgan fingerprint density at radius 2 is 2.12 bits per heavy atom. The number of aryl methyl sites for hydroxylation is 1. The maximum Gasteiger partial charge on any atom is 0.274 e. The third-order valence-electron chi connectivity index (χ3n) is 4.28. The predicted molar refractivity (Wildman–Crippen MR) is 97.7 cm³/mol. The van der Waals surface area contributed by atoms with Crippen LogP contribution < -0.4 is 0 Å². The fraction of sp³-hybridized carbons (Fsp3) is 0.211. The molecule has 0 spiro atoms. The number of carbonyl (C=O) groups excluding carboxylic acids is 1. The van der Waals surface area contributed by atoms with E-state index in [1.54, 1.807) is 30.3 Å². The van der Waals surface area contributed by atoms with Gasteiger partial charge in [0.05, 0.1) is 17.3 Å². The summed E-state index contributed by atoms with van der Waals surface area (Å²) in [5.41, 5.74) is 3.07. The van der Waals surface area contributed by atoms with E-state index in [-0.39, 0.29) is 5.91 Å². The quantitative estimate of drug-likeness (QED) is 0.559. The Bertz CT molecular complexity index is 983. The number of nitrogens with one attached hydrogen (secondary N) is 2. The van der Waals surface area contributed by atoms with Crippen LogP contribution >= 0.6 is 0 Å². The van der Waals surface area contributed by atoms with Crippen LogP contribution in [0.3, 0.4) is 0 Å². The monoisotopic (exact) mass is 349 g/mol. The van der Waals surface area contributed by atoms with Crippen LogP contribution in [-0.4, -0.2) is 44.6 Å². The summed E-state index contributed by atoms with van der Waals surface area (Å²) < 4.78 is 5.31. The van der Waals surface area contributed by atoms with E-state index < -0.39 is 0 Å². The Morgan fingerprint density at radius 3 is 2.92 bits per heavy atom. The highest BCUT2D eigenvalue weighted by atomic mass is 16.3. The minimum Gasteiger partial charge on any atom is -0.463 e. The smallest absolute Gasteiger partial charge is 0.274 e. The largest absolute Gasteiger partial charge is 0.463 e. The number of aromatic nitrogens is 4. The zero-order chi connectivity index (χ0) is 17.9. The van der Waals surface area contributed by atoms with Gasteiger partial charge in [-0.1, -0.05) is 12.1 Å². The van der Waals surface area contributed by atoms with Crippen molar-refractivity contribution < 1.29 is 9.21 Å². The molecule has 0 aliphatic carbocycles. The van der Waals surface area contributed by atoms with Crippen molar-refractivity contribution in [2.75, 3.05) is 13.6 Å². The molecule has 7 heteroatoms. The van der Waals surface area contributed by atoms with Crippen molar-refractivity contribution in [3.63, 3.8) is 0 Å². The van der Waals surface area contributed by atoms with Gasteiger partial charge < -0.3 is 14.3 Å². The van der Waals surface area contributed by atoms with Gasteiger partial charge in [-0.05, 0) is 30.7 Å². The molecular weight excluding hydrogens is 330 g/mol. The number of para-hydroxylation sites is 2. The van der Waals surface area contributed by atoms with Gasteiger partial charge >= 0.3 is 0 Å². The number of benzene rings is 1. The Balaban J connectivity index is 1.34. The number of aromatic amines is 2. The Labute approximate surface area is 150 Å². The van der Waals surface area contributed by atoms with Crippen molar-refractivity contribution in [3.05, 3.63) is 60.2 Å². The summed E-state index contributed by atoms with van der Waals surface area (Å²) in [5.74, 6) is 1.47. The predicted octanol–water partition coefficient (Wildman–Crippen LogP) is 3.25. The molecule has 0 saturated heterocycles. The van der Waals surface area contributed by atoms with E-state index in [9.17, 15) is 4.79 Å². The van der Waals surface area contributed by atoms with Crippen LogP contribution in [0.15, 0.2) is 53.1 Å². The van der Waals surface area contributed by atoms with E-state index in [4.69, 9.17) is 4.42 Å². The van der Waals surface area contributed by atoms with Gasteiger partial charge in [0.2, 0.25) is 0 Å². The minimum absolute atomic E-state index is 0.122. The number of hydrogen-bond donors (Lipinski definition) is 2. The molecule has 0 bridgehead atoms. The van der Waals surface area contributed by atoms with Crippen LogP contribution in [0.25, 0.3) is 22.5 Å². The topological polar surface area (TPSA) is 90.8 Å². The number of hydrogen-bond acceptors (Lipinski definition) is 4. The van der Waals surface area contributed by atoms with Crippen LogP contribution in [-0.2, 0) is 6.42 Å². The van der Waals surface area contributed by atoms with Crippen LogP contribution in [0.5, 0.6) is 0 Å². The van der Waals surface area contributed by atoms with Gasteiger partial charge in [-0.2, -0.15) is 5.10 Å². The number of fused-ring (bicyclic) bond motifs is 1. The number of nitrogens with zero attached hydrogens (tertiary/aromatic N) is 3. The molecule has 2 N–H and O–H groups in total. The molecule has 0 radical (unpaired) electrons. The highest BCUT2D eigenvalue weighted by Gasteiger charge is 2.16. The molecule has 0 unspecified atom stereocenters. The molecule has 0 saturated carbocycles. The average Bonchev–Trinajstić information content (AvgIpc) is 3.39. The highest BCUT2D eigenvalue weighted by molar-refractivity contribution is 5.93. The van der Waals surface area contributed by atoms with Crippen molar-refractivity contribution >= 4 is 16.9 Å². The maximum absolute atomic E-state index is 12.5. The number of imidazole rings is 1. The molecule has 4 rings (SSSR count). The van der Waals surface area contributed by atoms with Crippen molar-refractivity contribution in [2.45, 2.75) is 12.8 Å². The Hall–Kier alpha value is -3.35. The molecule has 26 heavy (non-hydrogen) atoms. The first-order chi connectivity index (χ1) is 12.7. The van der Waals surface area contributed by atoms with Gasteiger partial charge in [0.15, 0.2) is 11.5 Å². The van der Waals surface area contributed by atoms with Crippen molar-refractivity contribution in [2.24, 2.45) is 0 Å². The first-order valence-electron chi connectivity index (χ1n) is 8.49. The molecule has 0 aliphatic rings. The third-order valence-corrected chi connectivity index (χ3v) is 4.28. The molecule has 0 fully saturated rings. The first kappa shape index (κ1) is 16.1. The highest BCUT2D eigenvalue weighted by Crippen LogP contribution is 2.18. The standard InChI is InChI=1S/C19H19N5O2/c1-24(10-4-9-18-20-13-6-2-3-7-14(13)21-18)19(25)16-12-15(22-23-16)17-8-5-11-26-17/h2-3,5-8,11-12H,4,9-10H2,1H3,(H,20,21)(H,22,23). The van der Waals surface area contributed by atoms with Gasteiger partial charge in [-0.3, -0.25) is 9.89 Å². The molecule has 0 aliphatic heterocycles. The average molecular weight is 349 g/mol. The van der Waals surface area contributed by atoms with E-state index in [0.717, 1.165) is 29.7 Å². The van der Waals surface area contributed by atoms with Gasteiger partial charge in [0, 0.05) is 26.1 Å². The molecule has 7 nitrogen and oxygen atoms in total. The second kappa shape index (κ2) is 6.87. The molecule has 1 amide bonds. The van der Waals surface area contributed by atoms with Gasteiger partial charge in [0.1, 0.15) is 11.5 Å². The normalized spacial score (nSPS) is 11.1. The number of furan rings is 1. The molecule has 1 aromatic carbocycles. The first-order valence-corrected chi connectivity index (χ1v) is 8.49. The van der Waals surface area contributed by atoms with E-state index in [0.29, 0.717) is 23.7 Å². The van der Waals surface area contributed by atoms with Crippen molar-refractivity contribution in [1.82, 2.24) is 25.1 Å². The number of carbonyl (C=O) groups is 1. The summed E-state index contributed by atoms with van der Waals surface area (Å²) in [6.45, 7) is 0.624. The third kappa shape index (κ3) is 3.23. The Kier molecular flexibility index (Phi) is 4.27. The van der Waals surface area contributed by atoms with E-state index >= 15 is 0 Å². The summed E-state index contributed by atoms with van der Waals surface area (Å²) in [5, 5.41) is 6.93. The molecule has 3 heterocycles. The summed E-state index contributed by atoms with van der Waals surface area (Å²) in [6, 6.07) is 13.3. The number of H-pyrrole nitrogens is 2. The van der Waals surface area contributed by atoms with Crippen LogP contribution in [0, 0.1) is 0 Å². The van der Waals surface area contributed by atoms with E-state index in [1.807, 2.05) is 30.3 Å². The molecule has 4 aromatic rings. The van der Waals surface area contributed by atoms with E-state index in [2.05, 4.69) is 20.2 Å². The zero-order valence-electron chi connectivity index (χ0n) is 14.4. The lowest BCUT2D eigenvalue weighted by Crippen LogP contribution is -2.28. The fourth-order valence-corrected chi connectivity index (χ4v) is 2.89. The van der Waals surface area contributed by atoms with Gasteiger partial charge in [0.25, 0.3) is 5.91 Å². The number of amides is 1. The van der Waals surface area contributed by atoms with Crippen LogP contribution in [0.4, 0.5) is 0 Å². The summed E-state index contributed by atoms with van der Waals surface area (Å²) >= 11 is 0. The van der Waals surface area contributed by atoms with Crippen LogP contribution in [0.2, 0.25) is 0 Å². The maximum atomic E-state index is 12.5. The lowest BCUT2D eigenvalue weighted by atomic mass is 10.2. The molecule has 0 atom stereocenters. The molecule has 3 aromatic heterocycles. The zero-order valence-corrected chi connectivity index (χ0v) is 14.4. The Morgan fingerprint density at radius 1 is 1.23 bits per heavy atom. The van der Waals surface area contributed by atoms with Gasteiger partial charge in [-0.25, -0.2) is 4.98 Å². The van der Waals surface area contributed by atoms with Crippen molar-refractivity contribution in [1.29, 1.82) is 0 Å². The minimum atomic E-state index is -0.122. The number of rotatable bonds is 6. The molecular formula is C19H19N5O2. The lowest BCUT2D eigenvalue weighted by Gasteiger charge is -2.15.